The van der Waals surface area contributed by atoms with E-state index in [0.717, 1.165) is 70.9 Å². The van der Waals surface area contributed by atoms with Gasteiger partial charge in [0, 0.05) is 78.7 Å². The Bertz CT molecular complexity index is 2640. The summed E-state index contributed by atoms with van der Waals surface area (Å²) in [6.07, 6.45) is 6.28. The predicted molar refractivity (Wildman–Crippen MR) is 241 cm³/mol. The van der Waals surface area contributed by atoms with E-state index in [2.05, 4.69) is 55.7 Å². The molecular formula is C46H51ClFN7O6S. The lowest BCUT2D eigenvalue weighted by molar-refractivity contribution is -0.384. The van der Waals surface area contributed by atoms with Gasteiger partial charge in [0.2, 0.25) is 0 Å². The van der Waals surface area contributed by atoms with Crippen molar-refractivity contribution in [2.45, 2.75) is 56.9 Å². The average Bonchev–Trinajstić information content (AvgIpc) is 3.74. The lowest BCUT2D eigenvalue weighted by atomic mass is 9.72. The molecule has 13 nitrogen and oxygen atoms in total. The number of nitrogens with zero attached hydrogens (tertiary/aromatic N) is 4. The highest BCUT2D eigenvalue weighted by Crippen LogP contribution is 2.44. The number of hydrogen-bond acceptors (Lipinski definition) is 10. The summed E-state index contributed by atoms with van der Waals surface area (Å²) in [6.45, 7) is 10.0. The first-order valence-corrected chi connectivity index (χ1v) is 22.8. The summed E-state index contributed by atoms with van der Waals surface area (Å²) < 4.78 is 51.4. The molecule has 3 N–H and O–H groups in total. The SMILES string of the molecule is CN1CCC(Nc2ccc(S(=O)(=O)NC(=O)c3ccc(N4CCN(CC5=C(c6ccc(Cl)cc6)CC(C)(C)CC5)CC4)cc3Oc3ccc4[nH]ccc4c3F)cc2[N+](=O)[O-])CC1. The summed E-state index contributed by atoms with van der Waals surface area (Å²) in [5, 5.41) is 16.3. The number of anilines is 2. The van der Waals surface area contributed by atoms with Gasteiger partial charge in [0.05, 0.1) is 15.4 Å². The van der Waals surface area contributed by atoms with Gasteiger partial charge in [-0.2, -0.15) is 0 Å². The molecule has 1 aliphatic carbocycles. The summed E-state index contributed by atoms with van der Waals surface area (Å²) in [5.41, 5.74) is 5.12. The monoisotopic (exact) mass is 883 g/mol. The van der Waals surface area contributed by atoms with E-state index in [-0.39, 0.29) is 39.6 Å². The van der Waals surface area contributed by atoms with Gasteiger partial charge in [0.1, 0.15) is 11.4 Å². The van der Waals surface area contributed by atoms with Gasteiger partial charge in [-0.15, -0.1) is 0 Å². The van der Waals surface area contributed by atoms with Crippen molar-refractivity contribution < 1.29 is 27.3 Å². The molecule has 3 heterocycles. The van der Waals surface area contributed by atoms with Gasteiger partial charge in [0.15, 0.2) is 11.6 Å². The number of aromatic amines is 1. The number of sulfonamides is 1. The number of H-pyrrole nitrogens is 1. The molecule has 5 aromatic rings. The minimum absolute atomic E-state index is 0.0129. The Morgan fingerprint density at radius 3 is 2.44 bits per heavy atom. The second kappa shape index (κ2) is 17.7. The number of benzene rings is 4. The van der Waals surface area contributed by atoms with Crippen LogP contribution >= 0.6 is 11.6 Å². The van der Waals surface area contributed by atoms with E-state index in [4.69, 9.17) is 16.3 Å². The molecule has 0 radical (unpaired) electrons. The molecule has 16 heteroatoms. The molecule has 1 amide bonds. The Kier molecular flexibility index (Phi) is 12.3. The van der Waals surface area contributed by atoms with Crippen molar-refractivity contribution in [1.82, 2.24) is 19.5 Å². The van der Waals surface area contributed by atoms with Gasteiger partial charge < -0.3 is 24.8 Å². The molecule has 8 rings (SSSR count). The smallest absolute Gasteiger partial charge is 0.293 e. The van der Waals surface area contributed by atoms with Crippen LogP contribution in [0.3, 0.4) is 0 Å². The van der Waals surface area contributed by atoms with Crippen LogP contribution in [0.25, 0.3) is 16.5 Å². The van der Waals surface area contributed by atoms with E-state index in [9.17, 15) is 23.3 Å². The van der Waals surface area contributed by atoms with Crippen LogP contribution in [0.1, 0.15) is 61.9 Å². The highest BCUT2D eigenvalue weighted by atomic mass is 35.5. The minimum atomic E-state index is -4.62. The highest BCUT2D eigenvalue weighted by Gasteiger charge is 2.31. The van der Waals surface area contributed by atoms with E-state index >= 15 is 4.39 Å². The van der Waals surface area contributed by atoms with Gasteiger partial charge in [-0.1, -0.05) is 43.2 Å². The van der Waals surface area contributed by atoms with Crippen molar-refractivity contribution in [1.29, 1.82) is 0 Å². The second-order valence-corrected chi connectivity index (χ2v) is 19.5. The molecule has 3 aliphatic rings. The first-order valence-electron chi connectivity index (χ1n) is 20.9. The zero-order chi connectivity index (χ0) is 43.8. The molecule has 4 aromatic carbocycles. The first kappa shape index (κ1) is 43.2. The Hall–Kier alpha value is -5.48. The Morgan fingerprint density at radius 1 is 0.968 bits per heavy atom. The summed E-state index contributed by atoms with van der Waals surface area (Å²) in [7, 11) is -2.61. The zero-order valence-electron chi connectivity index (χ0n) is 35.0. The molecule has 0 saturated carbocycles. The van der Waals surface area contributed by atoms with Crippen LogP contribution in [0.15, 0.2) is 95.5 Å². The lowest BCUT2D eigenvalue weighted by Gasteiger charge is -2.39. The maximum Gasteiger partial charge on any atom is 0.293 e. The van der Waals surface area contributed by atoms with Crippen molar-refractivity contribution in [2.75, 3.05) is 63.1 Å². The second-order valence-electron chi connectivity index (χ2n) is 17.4. The van der Waals surface area contributed by atoms with Crippen molar-refractivity contribution in [2.24, 2.45) is 5.41 Å². The molecule has 0 atom stereocenters. The molecule has 326 valence electrons. The standard InChI is InChI=1S/C46H51ClFN7O6S/c1-46(2)18-14-31(38(28-46)30-4-6-32(47)7-5-30)29-53-22-24-54(25-23-53)34-8-10-37(43(26-34)61-42-13-12-39-36(44(42)48)15-19-49-39)45(56)51-62(59,60)35-9-11-40(41(27-35)55(57)58)50-33-16-20-52(3)21-17-33/h4-13,15,19,26-27,33,49-50H,14,16-18,20-25,28-29H2,1-3H3,(H,51,56). The molecule has 0 spiro atoms. The van der Waals surface area contributed by atoms with Gasteiger partial charge in [-0.3, -0.25) is 19.8 Å². The highest BCUT2D eigenvalue weighted by molar-refractivity contribution is 7.90. The molecular weight excluding hydrogens is 833 g/mol. The zero-order valence-corrected chi connectivity index (χ0v) is 36.6. The number of carbonyl (C=O) groups excluding carboxylic acids is 1. The van der Waals surface area contributed by atoms with Crippen LogP contribution in [0.5, 0.6) is 11.5 Å². The van der Waals surface area contributed by atoms with Gasteiger partial charge in [0.25, 0.3) is 21.6 Å². The van der Waals surface area contributed by atoms with Crippen molar-refractivity contribution >= 4 is 61.1 Å². The minimum Gasteiger partial charge on any atom is -0.453 e. The molecule has 2 aliphatic heterocycles. The summed E-state index contributed by atoms with van der Waals surface area (Å²) >= 11 is 6.23. The number of piperazine rings is 1. The quantitative estimate of drug-likeness (QED) is 0.0817. The Balaban J connectivity index is 1.02. The van der Waals surface area contributed by atoms with Crippen molar-refractivity contribution in [3.63, 3.8) is 0 Å². The molecule has 0 unspecified atom stereocenters. The number of halogens is 2. The molecule has 0 bridgehead atoms. The van der Waals surface area contributed by atoms with Crippen LogP contribution in [0, 0.1) is 21.3 Å². The van der Waals surface area contributed by atoms with Gasteiger partial charge in [-0.05, 0) is 123 Å². The third-order valence-electron chi connectivity index (χ3n) is 12.4. The number of rotatable bonds is 12. The fourth-order valence-electron chi connectivity index (χ4n) is 8.71. The third kappa shape index (κ3) is 9.60. The maximum atomic E-state index is 15.8. The number of piperidine rings is 1. The number of fused-ring (bicyclic) bond motifs is 1. The van der Waals surface area contributed by atoms with Crippen LogP contribution in [-0.4, -0.2) is 92.9 Å². The fraction of sp³-hybridized carbons (Fsp3) is 0.370. The summed E-state index contributed by atoms with van der Waals surface area (Å²) in [6, 6.07) is 21.1. The average molecular weight is 884 g/mol. The van der Waals surface area contributed by atoms with E-state index in [1.807, 2.05) is 19.2 Å². The van der Waals surface area contributed by atoms with Crippen LogP contribution in [0.4, 0.5) is 21.5 Å². The number of allylic oxidation sites excluding steroid dienone is 1. The summed E-state index contributed by atoms with van der Waals surface area (Å²) in [4.78, 5) is 34.7. The molecule has 2 fully saturated rings. The molecule has 2 saturated heterocycles. The predicted octanol–water partition coefficient (Wildman–Crippen LogP) is 9.07. The number of nitro benzene ring substituents is 1. The molecule has 62 heavy (non-hydrogen) atoms. The number of carbonyl (C=O) groups is 1. The van der Waals surface area contributed by atoms with Gasteiger partial charge in [-0.25, -0.2) is 17.5 Å². The van der Waals surface area contributed by atoms with Crippen LogP contribution in [-0.2, 0) is 10.0 Å². The van der Waals surface area contributed by atoms with Crippen LogP contribution < -0.4 is 19.7 Å². The van der Waals surface area contributed by atoms with E-state index in [1.165, 1.54) is 41.0 Å². The number of ether oxygens (including phenoxy) is 1. The number of aromatic nitrogens is 1. The van der Waals surface area contributed by atoms with Gasteiger partial charge >= 0.3 is 0 Å². The lowest BCUT2D eigenvalue weighted by Crippen LogP contribution is -2.47. The number of likely N-dealkylation sites (tertiary alicyclic amines) is 1. The number of nitrogens with one attached hydrogen (secondary N) is 3. The number of nitro groups is 1. The Labute approximate surface area is 366 Å². The largest absolute Gasteiger partial charge is 0.453 e. The summed E-state index contributed by atoms with van der Waals surface area (Å²) in [5.74, 6) is -1.91. The Morgan fingerprint density at radius 2 is 1.71 bits per heavy atom. The van der Waals surface area contributed by atoms with Crippen molar-refractivity contribution in [3.05, 3.63) is 123 Å². The van der Waals surface area contributed by atoms with E-state index < -0.39 is 37.3 Å². The molecule has 1 aromatic heterocycles. The maximum absolute atomic E-state index is 15.8. The van der Waals surface area contributed by atoms with Crippen LogP contribution in [0.2, 0.25) is 5.02 Å². The topological polar surface area (TPSA) is 153 Å². The first-order chi connectivity index (χ1) is 29.6. The number of hydrogen-bond donors (Lipinski definition) is 3. The van der Waals surface area contributed by atoms with E-state index in [1.54, 1.807) is 30.5 Å². The van der Waals surface area contributed by atoms with E-state index in [0.29, 0.717) is 29.3 Å². The fourth-order valence-corrected chi connectivity index (χ4v) is 9.82. The van der Waals surface area contributed by atoms with Crippen molar-refractivity contribution in [3.8, 4) is 11.5 Å². The normalized spacial score (nSPS) is 17.9. The number of amides is 1. The third-order valence-corrected chi connectivity index (χ3v) is 14.0.